The van der Waals surface area contributed by atoms with Gasteiger partial charge in [0.15, 0.2) is 11.9 Å². The van der Waals surface area contributed by atoms with Crippen molar-refractivity contribution >= 4 is 34.2 Å². The first-order chi connectivity index (χ1) is 12.7. The van der Waals surface area contributed by atoms with Crippen LogP contribution in [0.15, 0.2) is 43.1 Å². The van der Waals surface area contributed by atoms with Gasteiger partial charge in [0.25, 0.3) is 0 Å². The minimum atomic E-state index is -0.279. The van der Waals surface area contributed by atoms with Crippen LogP contribution in [0.2, 0.25) is 5.28 Å². The number of hydrogen-bond donors (Lipinski definition) is 1. The summed E-state index contributed by atoms with van der Waals surface area (Å²) in [7, 11) is 0. The molecule has 1 aliphatic rings. The Bertz CT molecular complexity index is 994. The number of amides is 1. The third kappa shape index (κ3) is 3.07. The van der Waals surface area contributed by atoms with E-state index < -0.39 is 0 Å². The number of anilines is 1. The van der Waals surface area contributed by atoms with Crippen molar-refractivity contribution in [2.45, 2.75) is 19.1 Å². The van der Waals surface area contributed by atoms with Crippen LogP contribution in [-0.2, 0) is 9.53 Å². The van der Waals surface area contributed by atoms with Crippen LogP contribution in [0.5, 0.6) is 0 Å². The number of ether oxygens (including phenoxy) is 1. The van der Waals surface area contributed by atoms with E-state index in [-0.39, 0.29) is 17.4 Å². The van der Waals surface area contributed by atoms with Crippen LogP contribution in [-0.4, -0.2) is 32.3 Å². The molecule has 1 saturated heterocycles. The van der Waals surface area contributed by atoms with E-state index in [0.717, 1.165) is 23.8 Å². The van der Waals surface area contributed by atoms with Gasteiger partial charge in [-0.25, -0.2) is 9.67 Å². The number of carbonyl (C=O) groups excluding carboxylic acids is 1. The fourth-order valence-electron chi connectivity index (χ4n) is 3.02. The van der Waals surface area contributed by atoms with Gasteiger partial charge in [0.2, 0.25) is 11.2 Å². The SMILES string of the molecule is C=CC(=O)Nc1cccc(-c2nc(Cl)nc3c2cnn3C2CCCO2)c1. The first-order valence-electron chi connectivity index (χ1n) is 8.22. The van der Waals surface area contributed by atoms with E-state index >= 15 is 0 Å². The molecule has 3 aromatic rings. The summed E-state index contributed by atoms with van der Waals surface area (Å²) in [6, 6.07) is 7.34. The van der Waals surface area contributed by atoms with Gasteiger partial charge in [0.05, 0.1) is 17.3 Å². The Morgan fingerprint density at radius 3 is 3.08 bits per heavy atom. The summed E-state index contributed by atoms with van der Waals surface area (Å²) in [6.07, 6.45) is 4.68. The summed E-state index contributed by atoms with van der Waals surface area (Å²) in [5.74, 6) is -0.279. The van der Waals surface area contributed by atoms with E-state index in [2.05, 4.69) is 27.0 Å². The zero-order chi connectivity index (χ0) is 18.1. The quantitative estimate of drug-likeness (QED) is 0.561. The molecule has 2 aromatic heterocycles. The number of carbonyl (C=O) groups is 1. The molecule has 1 N–H and O–H groups in total. The molecule has 0 spiro atoms. The minimum Gasteiger partial charge on any atom is -0.356 e. The maximum atomic E-state index is 11.5. The fraction of sp³-hybridized carbons (Fsp3) is 0.222. The monoisotopic (exact) mass is 369 g/mol. The number of benzene rings is 1. The molecule has 3 heterocycles. The lowest BCUT2D eigenvalue weighted by Crippen LogP contribution is -2.09. The summed E-state index contributed by atoms with van der Waals surface area (Å²) >= 11 is 6.17. The van der Waals surface area contributed by atoms with E-state index in [1.165, 1.54) is 6.08 Å². The average molecular weight is 370 g/mol. The molecule has 132 valence electrons. The third-order valence-electron chi connectivity index (χ3n) is 4.19. The van der Waals surface area contributed by atoms with Crippen LogP contribution in [0.1, 0.15) is 19.1 Å². The molecule has 7 nitrogen and oxygen atoms in total. The van der Waals surface area contributed by atoms with Crippen molar-refractivity contribution in [1.29, 1.82) is 0 Å². The van der Waals surface area contributed by atoms with Crippen LogP contribution in [0.3, 0.4) is 0 Å². The Morgan fingerprint density at radius 1 is 1.42 bits per heavy atom. The summed E-state index contributed by atoms with van der Waals surface area (Å²) in [6.45, 7) is 4.17. The Hall–Kier alpha value is -2.77. The second-order valence-corrected chi connectivity index (χ2v) is 6.25. The second-order valence-electron chi connectivity index (χ2n) is 5.91. The minimum absolute atomic E-state index is 0.132. The molecule has 0 aliphatic carbocycles. The van der Waals surface area contributed by atoms with Crippen molar-refractivity contribution in [2.75, 3.05) is 11.9 Å². The highest BCUT2D eigenvalue weighted by atomic mass is 35.5. The van der Waals surface area contributed by atoms with Crippen LogP contribution in [0, 0.1) is 0 Å². The van der Waals surface area contributed by atoms with Crippen molar-refractivity contribution in [2.24, 2.45) is 0 Å². The van der Waals surface area contributed by atoms with E-state index in [0.29, 0.717) is 23.6 Å². The number of rotatable bonds is 4. The zero-order valence-electron chi connectivity index (χ0n) is 13.9. The lowest BCUT2D eigenvalue weighted by atomic mass is 10.1. The standard InChI is InChI=1S/C18H16ClN5O2/c1-2-14(25)21-12-6-3-5-11(9-12)16-13-10-20-24(15-7-4-8-26-15)17(13)23-18(19)22-16/h2-3,5-6,9-10,15H,1,4,7-8H2,(H,21,25). The number of halogens is 1. The van der Waals surface area contributed by atoms with E-state index in [4.69, 9.17) is 16.3 Å². The molecule has 0 radical (unpaired) electrons. The summed E-state index contributed by atoms with van der Waals surface area (Å²) < 4.78 is 7.46. The average Bonchev–Trinajstić information content (AvgIpc) is 3.30. The molecule has 26 heavy (non-hydrogen) atoms. The lowest BCUT2D eigenvalue weighted by molar-refractivity contribution is -0.111. The van der Waals surface area contributed by atoms with Crippen LogP contribution < -0.4 is 5.32 Å². The van der Waals surface area contributed by atoms with Gasteiger partial charge in [-0.3, -0.25) is 4.79 Å². The maximum absolute atomic E-state index is 11.5. The molecule has 1 amide bonds. The maximum Gasteiger partial charge on any atom is 0.247 e. The van der Waals surface area contributed by atoms with Crippen molar-refractivity contribution in [1.82, 2.24) is 19.7 Å². The third-order valence-corrected chi connectivity index (χ3v) is 4.36. The number of hydrogen-bond acceptors (Lipinski definition) is 5. The van der Waals surface area contributed by atoms with Gasteiger partial charge in [-0.2, -0.15) is 10.1 Å². The second kappa shape index (κ2) is 6.86. The molecule has 0 saturated carbocycles. The first kappa shape index (κ1) is 16.7. The van der Waals surface area contributed by atoms with Gasteiger partial charge >= 0.3 is 0 Å². The predicted octanol–water partition coefficient (Wildman–Crippen LogP) is 3.58. The van der Waals surface area contributed by atoms with Crippen molar-refractivity contribution in [3.63, 3.8) is 0 Å². The normalized spacial score (nSPS) is 16.7. The van der Waals surface area contributed by atoms with E-state index in [1.54, 1.807) is 16.9 Å². The summed E-state index contributed by atoms with van der Waals surface area (Å²) in [5.41, 5.74) is 2.72. The van der Waals surface area contributed by atoms with Gasteiger partial charge < -0.3 is 10.1 Å². The van der Waals surface area contributed by atoms with Gasteiger partial charge in [-0.1, -0.05) is 18.7 Å². The molecular weight excluding hydrogens is 354 g/mol. The molecular formula is C18H16ClN5O2. The first-order valence-corrected chi connectivity index (χ1v) is 8.60. The number of aromatic nitrogens is 4. The van der Waals surface area contributed by atoms with Gasteiger partial charge in [0, 0.05) is 17.9 Å². The van der Waals surface area contributed by atoms with Crippen LogP contribution in [0.4, 0.5) is 5.69 Å². The zero-order valence-corrected chi connectivity index (χ0v) is 14.6. The fourth-order valence-corrected chi connectivity index (χ4v) is 3.19. The highest BCUT2D eigenvalue weighted by molar-refractivity contribution is 6.28. The van der Waals surface area contributed by atoms with Crippen LogP contribution >= 0.6 is 11.6 Å². The summed E-state index contributed by atoms with van der Waals surface area (Å²) in [4.78, 5) is 20.3. The Kier molecular flexibility index (Phi) is 4.40. The van der Waals surface area contributed by atoms with Crippen molar-refractivity contribution in [3.05, 3.63) is 48.4 Å². The molecule has 1 unspecified atom stereocenters. The van der Waals surface area contributed by atoms with E-state index in [1.807, 2.05) is 18.2 Å². The predicted molar refractivity (Wildman–Crippen MR) is 98.8 cm³/mol. The number of nitrogens with one attached hydrogen (secondary N) is 1. The summed E-state index contributed by atoms with van der Waals surface area (Å²) in [5, 5.41) is 8.08. The number of nitrogens with zero attached hydrogens (tertiary/aromatic N) is 4. The Labute approximate surface area is 154 Å². The van der Waals surface area contributed by atoms with Gasteiger partial charge in [-0.15, -0.1) is 0 Å². The molecule has 0 bridgehead atoms. The molecule has 1 aromatic carbocycles. The van der Waals surface area contributed by atoms with Crippen molar-refractivity contribution < 1.29 is 9.53 Å². The largest absolute Gasteiger partial charge is 0.356 e. The highest BCUT2D eigenvalue weighted by Gasteiger charge is 2.23. The molecule has 1 aliphatic heterocycles. The van der Waals surface area contributed by atoms with Crippen LogP contribution in [0.25, 0.3) is 22.3 Å². The number of fused-ring (bicyclic) bond motifs is 1. The highest BCUT2D eigenvalue weighted by Crippen LogP contribution is 2.32. The molecule has 8 heteroatoms. The smallest absolute Gasteiger partial charge is 0.247 e. The Balaban J connectivity index is 1.80. The van der Waals surface area contributed by atoms with Gasteiger partial charge in [0.1, 0.15) is 0 Å². The Morgan fingerprint density at radius 2 is 2.31 bits per heavy atom. The van der Waals surface area contributed by atoms with Crippen molar-refractivity contribution in [3.8, 4) is 11.3 Å². The molecule has 1 atom stereocenters. The van der Waals surface area contributed by atoms with E-state index in [9.17, 15) is 4.79 Å². The molecule has 4 rings (SSSR count). The molecule has 1 fully saturated rings. The van der Waals surface area contributed by atoms with Gasteiger partial charge in [-0.05, 0) is 42.7 Å². The lowest BCUT2D eigenvalue weighted by Gasteiger charge is -2.11. The topological polar surface area (TPSA) is 81.9 Å².